The molecule has 0 amide bonds. The van der Waals surface area contributed by atoms with Gasteiger partial charge in [0.25, 0.3) is 0 Å². The summed E-state index contributed by atoms with van der Waals surface area (Å²) in [5.74, 6) is 0. The summed E-state index contributed by atoms with van der Waals surface area (Å²) >= 11 is 2.76. The van der Waals surface area contributed by atoms with Gasteiger partial charge in [0.05, 0.1) is 45.9 Å². The highest BCUT2D eigenvalue weighted by molar-refractivity contribution is 7.00. The van der Waals surface area contributed by atoms with Crippen LogP contribution in [0.2, 0.25) is 0 Å². The zero-order valence-electron chi connectivity index (χ0n) is 72.1. The number of unbranched alkanes of at least 4 members (excludes halogenated alkanes) is 52. The van der Waals surface area contributed by atoms with E-state index in [4.69, 9.17) is 36.1 Å². The molecule has 2 aliphatic heterocycles. The predicted molar refractivity (Wildman–Crippen MR) is 472 cm³/mol. The van der Waals surface area contributed by atoms with Gasteiger partial charge in [0, 0.05) is 32.9 Å². The van der Waals surface area contributed by atoms with Crippen LogP contribution in [-0.2, 0) is 29.4 Å². The molecule has 2 aliphatic carbocycles. The Kier molecular flexibility index (Phi) is 38.1. The van der Waals surface area contributed by atoms with E-state index in [-0.39, 0.29) is 10.8 Å². The van der Waals surface area contributed by atoms with Gasteiger partial charge >= 0.3 is 14.2 Å². The van der Waals surface area contributed by atoms with Gasteiger partial charge in [-0.3, -0.25) is 0 Å². The monoisotopic (exact) mass is 1520 g/mol. The fraction of sp³-hybridized carbons (Fsp3) is 0.812. The summed E-state index contributed by atoms with van der Waals surface area (Å²) in [5.41, 5.74) is 15.1. The van der Waals surface area contributed by atoms with E-state index in [1.54, 1.807) is 0 Å². The molecule has 2 saturated heterocycles. The number of aromatic nitrogens is 4. The molecule has 12 heteroatoms. The Balaban J connectivity index is 1.09. The van der Waals surface area contributed by atoms with Crippen LogP contribution in [0.15, 0.2) is 24.3 Å². The molecule has 108 heavy (non-hydrogen) atoms. The van der Waals surface area contributed by atoms with E-state index < -0.39 is 36.6 Å². The first kappa shape index (κ1) is 89.2. The van der Waals surface area contributed by atoms with E-state index in [2.05, 4.69) is 107 Å². The summed E-state index contributed by atoms with van der Waals surface area (Å²) in [5, 5.41) is 0. The van der Waals surface area contributed by atoms with Crippen LogP contribution in [0.4, 0.5) is 0 Å². The summed E-state index contributed by atoms with van der Waals surface area (Å²) in [6.45, 7) is 27.0. The van der Waals surface area contributed by atoms with Crippen LogP contribution >= 0.6 is 23.5 Å². The van der Waals surface area contributed by atoms with Gasteiger partial charge in [0.1, 0.15) is 22.1 Å². The molecule has 2 fully saturated rings. The molecule has 0 unspecified atom stereocenters. The van der Waals surface area contributed by atoms with Gasteiger partial charge in [0.2, 0.25) is 0 Å². The third kappa shape index (κ3) is 24.2. The van der Waals surface area contributed by atoms with Crippen molar-refractivity contribution in [3.8, 4) is 22.3 Å². The molecule has 5 aromatic rings. The molecule has 0 saturated carbocycles. The van der Waals surface area contributed by atoms with Crippen LogP contribution in [0.5, 0.6) is 0 Å². The Bertz CT molecular complexity index is 3040. The average molecular weight is 1520 g/mol. The largest absolute Gasteiger partial charge is 0.497 e. The van der Waals surface area contributed by atoms with E-state index >= 15 is 0 Å². The zero-order valence-corrected chi connectivity index (χ0v) is 73.8. The van der Waals surface area contributed by atoms with Gasteiger partial charge < -0.3 is 18.6 Å². The van der Waals surface area contributed by atoms with Crippen LogP contribution in [0.1, 0.15) is 491 Å². The highest BCUT2D eigenvalue weighted by Crippen LogP contribution is 2.63. The van der Waals surface area contributed by atoms with Crippen LogP contribution in [0, 0.1) is 0 Å². The lowest BCUT2D eigenvalue weighted by atomic mass is 9.67. The molecule has 0 N–H and O–H groups in total. The Morgan fingerprint density at radius 2 is 0.426 bits per heavy atom. The lowest BCUT2D eigenvalue weighted by Crippen LogP contribution is -2.41. The van der Waals surface area contributed by atoms with Crippen molar-refractivity contribution in [3.63, 3.8) is 0 Å². The lowest BCUT2D eigenvalue weighted by Gasteiger charge is -2.35. The van der Waals surface area contributed by atoms with Gasteiger partial charge in [-0.25, -0.2) is 0 Å². The Hall–Kier alpha value is -2.73. The summed E-state index contributed by atoms with van der Waals surface area (Å²) in [7, 11) is -1.09. The van der Waals surface area contributed by atoms with Gasteiger partial charge in [-0.05, 0) is 127 Å². The molecule has 606 valence electrons. The number of fused-ring (bicyclic) bond motifs is 10. The first-order chi connectivity index (χ1) is 52.5. The minimum Gasteiger partial charge on any atom is -0.399 e. The molecule has 2 aromatic heterocycles. The third-order valence-electron chi connectivity index (χ3n) is 27.7. The summed E-state index contributed by atoms with van der Waals surface area (Å²) in [6, 6.07) is 10.8. The smallest absolute Gasteiger partial charge is 0.399 e. The Labute approximate surface area is 672 Å². The van der Waals surface area contributed by atoms with Gasteiger partial charge in [-0.2, -0.15) is 17.5 Å². The first-order valence-corrected chi connectivity index (χ1v) is 48.5. The Morgan fingerprint density at radius 1 is 0.241 bits per heavy atom. The molecule has 9 rings (SSSR count). The van der Waals surface area contributed by atoms with Crippen molar-refractivity contribution in [3.05, 3.63) is 46.5 Å². The zero-order chi connectivity index (χ0) is 76.6. The van der Waals surface area contributed by atoms with E-state index in [0.717, 1.165) is 58.7 Å². The maximum Gasteiger partial charge on any atom is 0.497 e. The Morgan fingerprint density at radius 3 is 0.630 bits per heavy atom. The summed E-state index contributed by atoms with van der Waals surface area (Å²) in [6.07, 6.45) is 80.5. The van der Waals surface area contributed by atoms with Crippen molar-refractivity contribution in [2.45, 2.75) is 502 Å². The van der Waals surface area contributed by atoms with E-state index in [0.29, 0.717) is 0 Å². The molecule has 4 aliphatic rings. The van der Waals surface area contributed by atoms with Crippen molar-refractivity contribution in [1.29, 1.82) is 0 Å². The van der Waals surface area contributed by atoms with Crippen LogP contribution in [0.25, 0.3) is 44.3 Å². The standard InChI is InChI=1S/C96H160B2N4O4S2/c1-13-17-21-25-29-33-37-41-45-49-53-57-61-65-69-95(70-66-62-58-54-50-46-42-38-34-30-26-22-18-14-2)79-73-78-80(74-77(79)85-81(95)75-83(87-89(85)101-107-99-87)97-103-91(5,6)92(7,8)104-97)96(71-67-63-59-55-51-47-43-39-35-31-27-23-19-15-3,72-68-64-60-56-52-48-44-40-36-32-28-24-20-16-4)82-76-84(88-90(86(78)82)102-108-100-88)98-105-93(9,10)94(11,12)106-98/h73-76H,13-72H2,1-12H3. The second-order valence-electron chi connectivity index (χ2n) is 37.4. The van der Waals surface area contributed by atoms with Crippen molar-refractivity contribution in [2.75, 3.05) is 0 Å². The quantitative estimate of drug-likeness (QED) is 0.0281. The van der Waals surface area contributed by atoms with Crippen molar-refractivity contribution in [1.82, 2.24) is 17.5 Å². The molecule has 0 radical (unpaired) electrons. The molecule has 3 aromatic carbocycles. The lowest BCUT2D eigenvalue weighted by molar-refractivity contribution is 0.00578. The van der Waals surface area contributed by atoms with Crippen LogP contribution < -0.4 is 10.9 Å². The van der Waals surface area contributed by atoms with Crippen molar-refractivity contribution >= 4 is 70.7 Å². The van der Waals surface area contributed by atoms with Gasteiger partial charge in [-0.15, -0.1) is 0 Å². The maximum absolute atomic E-state index is 7.13. The SMILES string of the molecule is CCCCCCCCCCCCCCCCC1(CCCCCCCCCCCCCCCC)c2cc3c(cc2-c2c1cc(B1OC(C)(C)C(C)(C)O1)c1nsnc21)C(CCCCCCCCCCCCCCCC)(CCCCCCCCCCCCCCCC)c1cc(B2OC(C)(C)C(C)(C)O2)c2nsnc2c1-3. The summed E-state index contributed by atoms with van der Waals surface area (Å²) < 4.78 is 50.1. The molecule has 8 nitrogen and oxygen atoms in total. The molecular formula is C96H160B2N4O4S2. The fourth-order valence-corrected chi connectivity index (χ4v) is 20.6. The molecule has 0 spiro atoms. The van der Waals surface area contributed by atoms with Crippen LogP contribution in [0.3, 0.4) is 0 Å². The molecule has 0 bridgehead atoms. The minimum absolute atomic E-state index is 0.249. The maximum atomic E-state index is 7.13. The second-order valence-corrected chi connectivity index (χ2v) is 38.4. The van der Waals surface area contributed by atoms with Gasteiger partial charge in [-0.1, -0.05) is 399 Å². The number of nitrogens with zero attached hydrogens (tertiary/aromatic N) is 4. The number of rotatable bonds is 62. The van der Waals surface area contributed by atoms with Crippen molar-refractivity contribution < 1.29 is 18.6 Å². The fourth-order valence-electron chi connectivity index (χ4n) is 19.4. The van der Waals surface area contributed by atoms with E-state index in [1.807, 2.05) is 0 Å². The second kappa shape index (κ2) is 46.1. The highest BCUT2D eigenvalue weighted by Gasteiger charge is 2.57. The minimum atomic E-state index is -0.543. The third-order valence-corrected chi connectivity index (χ3v) is 28.8. The number of benzene rings is 3. The van der Waals surface area contributed by atoms with Gasteiger partial charge in [0.15, 0.2) is 0 Å². The molecule has 0 atom stereocenters. The van der Waals surface area contributed by atoms with E-state index in [9.17, 15) is 0 Å². The van der Waals surface area contributed by atoms with Crippen LogP contribution in [-0.4, -0.2) is 54.1 Å². The highest BCUT2D eigenvalue weighted by atomic mass is 32.1. The normalized spacial score (nSPS) is 17.0. The molecular weight excluding hydrogens is 1360 g/mol. The first-order valence-electron chi connectivity index (χ1n) is 47.0. The topological polar surface area (TPSA) is 88.5 Å². The number of hydrogen-bond acceptors (Lipinski definition) is 10. The molecule has 4 heterocycles. The van der Waals surface area contributed by atoms with Crippen molar-refractivity contribution in [2.24, 2.45) is 0 Å². The average Bonchev–Trinajstić information content (AvgIpc) is 1.51. The number of hydrogen-bond donors (Lipinski definition) is 0. The summed E-state index contributed by atoms with van der Waals surface area (Å²) in [4.78, 5) is 0. The predicted octanol–water partition coefficient (Wildman–Crippen LogP) is 30.3. The van der Waals surface area contributed by atoms with E-state index in [1.165, 1.54) is 428 Å².